The molecule has 0 aliphatic carbocycles. The fourth-order valence-electron chi connectivity index (χ4n) is 11.7. The van der Waals surface area contributed by atoms with Crippen molar-refractivity contribution in [3.05, 3.63) is 109 Å². The van der Waals surface area contributed by atoms with E-state index in [-0.39, 0.29) is 32.2 Å². The van der Waals surface area contributed by atoms with Gasteiger partial charge in [0.1, 0.15) is 13.2 Å². The van der Waals surface area contributed by atoms with Gasteiger partial charge in [0.05, 0.1) is 34.4 Å². The second-order valence-electron chi connectivity index (χ2n) is 28.4. The largest absolute Gasteiger partial charge is 0.477 e. The maximum Gasteiger partial charge on any atom is 0.361 e. The number of hydrogen-bond acceptors (Lipinski definition) is 7. The number of carbonyl (C=O) groups is 3. The average Bonchev–Trinajstić information content (AvgIpc) is 2.59. The molecule has 0 spiro atoms. The fourth-order valence-corrected chi connectivity index (χ4v) is 11.7. The van der Waals surface area contributed by atoms with Crippen molar-refractivity contribution in [2.45, 2.75) is 379 Å². The minimum Gasteiger partial charge on any atom is -0.477 e. The van der Waals surface area contributed by atoms with Crippen LogP contribution < -0.4 is 0 Å². The lowest BCUT2D eigenvalue weighted by Gasteiger charge is -2.25. The zero-order valence-electron chi connectivity index (χ0n) is 63.5. The zero-order valence-corrected chi connectivity index (χ0v) is 63.5. The third-order valence-electron chi connectivity index (χ3n) is 17.8. The van der Waals surface area contributed by atoms with Crippen molar-refractivity contribution < 1.29 is 42.9 Å². The lowest BCUT2D eigenvalue weighted by atomic mass is 10.0. The summed E-state index contributed by atoms with van der Waals surface area (Å²) in [7, 11) is 5.99. The molecule has 9 nitrogen and oxygen atoms in total. The Balaban J connectivity index is 4.04. The molecule has 0 aromatic carbocycles. The number of esters is 2. The minimum absolute atomic E-state index is 0.182. The molecule has 0 aliphatic heterocycles. The molecule has 2 atom stereocenters. The maximum absolute atomic E-state index is 13.0. The van der Waals surface area contributed by atoms with Gasteiger partial charge in [-0.25, -0.2) is 4.79 Å². The van der Waals surface area contributed by atoms with Crippen LogP contribution in [-0.4, -0.2) is 87.4 Å². The number of rotatable bonds is 75. The first-order valence-electron chi connectivity index (χ1n) is 40.6. The van der Waals surface area contributed by atoms with Crippen LogP contribution in [-0.2, 0) is 33.3 Å². The van der Waals surface area contributed by atoms with Crippen molar-refractivity contribution in [3.8, 4) is 0 Å². The number of nitrogens with zero attached hydrogens (tertiary/aromatic N) is 1. The molecule has 0 radical (unpaired) electrons. The second kappa shape index (κ2) is 76.7. The van der Waals surface area contributed by atoms with E-state index < -0.39 is 24.3 Å². The number of likely N-dealkylation sites (N-methyl/N-ethyl adjacent to an activating group) is 1. The van der Waals surface area contributed by atoms with Gasteiger partial charge >= 0.3 is 17.9 Å². The summed E-state index contributed by atoms with van der Waals surface area (Å²) in [6.45, 7) is 4.81. The van der Waals surface area contributed by atoms with Gasteiger partial charge in [-0.1, -0.05) is 380 Å². The molecule has 0 aromatic rings. The quantitative estimate of drug-likeness (QED) is 0.0211. The molecule has 0 saturated heterocycles. The van der Waals surface area contributed by atoms with E-state index in [0.29, 0.717) is 17.4 Å². The predicted octanol–water partition coefficient (Wildman–Crippen LogP) is 26.1. The van der Waals surface area contributed by atoms with Gasteiger partial charge < -0.3 is 28.5 Å². The van der Waals surface area contributed by atoms with E-state index in [1.807, 2.05) is 21.1 Å². The van der Waals surface area contributed by atoms with E-state index in [4.69, 9.17) is 18.9 Å². The number of allylic oxidation sites excluding steroid dienone is 18. The fraction of sp³-hybridized carbons (Fsp3) is 0.759. The topological polar surface area (TPSA) is 108 Å². The lowest BCUT2D eigenvalue weighted by molar-refractivity contribution is -0.870. The van der Waals surface area contributed by atoms with E-state index in [2.05, 4.69) is 123 Å². The van der Waals surface area contributed by atoms with E-state index in [1.165, 1.54) is 238 Å². The Morgan fingerprint density at radius 3 is 0.885 bits per heavy atom. The zero-order chi connectivity index (χ0) is 69.7. The number of carbonyl (C=O) groups excluding carboxylic acids is 2. The summed E-state index contributed by atoms with van der Waals surface area (Å²) < 4.78 is 23.1. The molecular weight excluding hydrogens is 1190 g/mol. The van der Waals surface area contributed by atoms with Gasteiger partial charge in [-0.2, -0.15) is 0 Å². The van der Waals surface area contributed by atoms with Crippen LogP contribution in [0.2, 0.25) is 0 Å². The maximum atomic E-state index is 13.0. The number of hydrogen-bond donors (Lipinski definition) is 1. The number of quaternary nitrogens is 1. The standard InChI is InChI=1S/C87H153NO8/c1-6-8-10-12-14-16-18-20-22-24-26-28-30-32-34-36-38-39-40-41-42-43-44-45-46-47-48-50-52-54-56-58-60-62-64-66-68-70-72-74-76-78-85(90)96-83(82-95-87(86(91)92)93-80-79-88(3,4)5)81-94-84(89)77-75-73-71-69-67-65-63-61-59-57-55-53-51-49-37-35-33-31-29-27-25-23-21-19-17-15-13-11-9-7-2/h8,10,14,16,20,22,26,28,32,34,38-39,41-42,44-45,47-48,83,87H,6-7,9,11-13,15,17-19,21,23-25,27,29-31,33,35-37,40,43,46,49-82H2,1-5H3/p+1/b10-8-,16-14-,22-20-,28-26-,34-32-,39-38-,42-41-,45-44-,48-47-. The molecule has 0 saturated carbocycles. The van der Waals surface area contributed by atoms with Crippen LogP contribution in [0.5, 0.6) is 0 Å². The van der Waals surface area contributed by atoms with Gasteiger partial charge in [0, 0.05) is 12.8 Å². The SMILES string of the molecule is CC/C=C\C/C=C\C/C=C\C/C=C\C/C=C\C/C=C\C/C=C\C/C=C\C/C=C\CCCCCCCCCCCCCCCC(=O)OC(COC(=O)CCCCCCCCCCCCCCCCCCCCCCCCCCCCCCCC)COC(OCC[N+](C)(C)C)C(=O)O. The van der Waals surface area contributed by atoms with Gasteiger partial charge in [0.15, 0.2) is 6.10 Å². The summed E-state index contributed by atoms with van der Waals surface area (Å²) in [4.78, 5) is 37.7. The highest BCUT2D eigenvalue weighted by atomic mass is 16.7. The smallest absolute Gasteiger partial charge is 0.361 e. The van der Waals surface area contributed by atoms with Crippen LogP contribution in [0.3, 0.4) is 0 Å². The molecule has 1 N–H and O–H groups in total. The van der Waals surface area contributed by atoms with Crippen LogP contribution in [0.1, 0.15) is 367 Å². The first-order valence-corrected chi connectivity index (χ1v) is 40.6. The van der Waals surface area contributed by atoms with E-state index in [0.717, 1.165) is 103 Å². The Hall–Kier alpha value is -4.05. The molecule has 0 aliphatic rings. The summed E-state index contributed by atoms with van der Waals surface area (Å²) in [5.41, 5.74) is 0. The summed E-state index contributed by atoms with van der Waals surface area (Å²) in [6.07, 6.45) is 105. The Labute approximate surface area is 594 Å². The molecule has 2 unspecified atom stereocenters. The number of ether oxygens (including phenoxy) is 4. The molecule has 0 bridgehead atoms. The van der Waals surface area contributed by atoms with Crippen molar-refractivity contribution in [1.29, 1.82) is 0 Å². The molecular formula is C87H154NO8+. The van der Waals surface area contributed by atoms with E-state index >= 15 is 0 Å². The summed E-state index contributed by atoms with van der Waals surface area (Å²) in [5, 5.41) is 9.78. The molecule has 0 heterocycles. The first kappa shape index (κ1) is 92.0. The minimum atomic E-state index is -1.51. The van der Waals surface area contributed by atoms with Crippen molar-refractivity contribution in [3.63, 3.8) is 0 Å². The van der Waals surface area contributed by atoms with Crippen LogP contribution in [0.25, 0.3) is 0 Å². The van der Waals surface area contributed by atoms with Gasteiger partial charge in [0.2, 0.25) is 0 Å². The van der Waals surface area contributed by atoms with Crippen molar-refractivity contribution >= 4 is 17.9 Å². The van der Waals surface area contributed by atoms with Crippen LogP contribution in [0.4, 0.5) is 0 Å². The number of carboxylic acids is 1. The summed E-state index contributed by atoms with van der Waals surface area (Å²) in [6, 6.07) is 0. The first-order chi connectivity index (χ1) is 47.1. The van der Waals surface area contributed by atoms with Crippen molar-refractivity contribution in [1.82, 2.24) is 0 Å². The van der Waals surface area contributed by atoms with Gasteiger partial charge in [-0.05, 0) is 83.5 Å². The molecule has 0 fully saturated rings. The molecule has 0 amide bonds. The Kier molecular flexibility index (Phi) is 73.5. The molecule has 96 heavy (non-hydrogen) atoms. The third-order valence-corrected chi connectivity index (χ3v) is 17.8. The number of carboxylic acid groups (broad SMARTS) is 1. The normalized spacial score (nSPS) is 13.2. The van der Waals surface area contributed by atoms with Crippen molar-refractivity contribution in [2.75, 3.05) is 47.5 Å². The summed E-state index contributed by atoms with van der Waals surface area (Å²) >= 11 is 0. The Bertz CT molecular complexity index is 1950. The van der Waals surface area contributed by atoms with Gasteiger partial charge in [-0.3, -0.25) is 9.59 Å². The molecule has 554 valence electrons. The van der Waals surface area contributed by atoms with Crippen LogP contribution in [0.15, 0.2) is 109 Å². The van der Waals surface area contributed by atoms with Crippen LogP contribution >= 0.6 is 0 Å². The van der Waals surface area contributed by atoms with Gasteiger partial charge in [-0.15, -0.1) is 0 Å². The highest BCUT2D eigenvalue weighted by Crippen LogP contribution is 2.19. The van der Waals surface area contributed by atoms with Crippen LogP contribution in [0, 0.1) is 0 Å². The molecule has 0 rings (SSSR count). The summed E-state index contributed by atoms with van der Waals surface area (Å²) in [5.74, 6) is -1.99. The Morgan fingerprint density at radius 2 is 0.594 bits per heavy atom. The average molecular weight is 1340 g/mol. The van der Waals surface area contributed by atoms with Gasteiger partial charge in [0.25, 0.3) is 6.29 Å². The van der Waals surface area contributed by atoms with E-state index in [9.17, 15) is 19.5 Å². The second-order valence-corrected chi connectivity index (χ2v) is 28.4. The molecule has 9 heteroatoms. The lowest BCUT2D eigenvalue weighted by Crippen LogP contribution is -2.40. The number of unbranched alkanes of at least 4 members (excludes halogenated alkanes) is 42. The predicted molar refractivity (Wildman–Crippen MR) is 415 cm³/mol. The molecule has 0 aromatic heterocycles. The van der Waals surface area contributed by atoms with Crippen molar-refractivity contribution in [2.24, 2.45) is 0 Å². The third kappa shape index (κ3) is 77.3. The monoisotopic (exact) mass is 1340 g/mol. The number of aliphatic carboxylic acids is 1. The highest BCUT2D eigenvalue weighted by Gasteiger charge is 2.25. The van der Waals surface area contributed by atoms with E-state index in [1.54, 1.807) is 0 Å². The highest BCUT2D eigenvalue weighted by molar-refractivity contribution is 5.71. The Morgan fingerprint density at radius 1 is 0.323 bits per heavy atom.